The van der Waals surface area contributed by atoms with E-state index in [1.54, 1.807) is 38.1 Å². The van der Waals surface area contributed by atoms with Crippen molar-refractivity contribution < 1.29 is 18.0 Å². The highest BCUT2D eigenvalue weighted by molar-refractivity contribution is 7.90. The van der Waals surface area contributed by atoms with E-state index in [4.69, 9.17) is 0 Å². The van der Waals surface area contributed by atoms with Crippen LogP contribution >= 0.6 is 0 Å². The minimum atomic E-state index is -3.29. The molecular formula is C21H33N3O4S. The molecule has 1 fully saturated rings. The second-order valence-corrected chi connectivity index (χ2v) is 10.4. The molecule has 0 radical (unpaired) electrons. The predicted molar refractivity (Wildman–Crippen MR) is 115 cm³/mol. The maximum absolute atomic E-state index is 12.5. The number of carbonyl (C=O) groups excluding carboxylic acids is 2. The van der Waals surface area contributed by atoms with E-state index in [9.17, 15) is 18.0 Å². The molecule has 1 aliphatic carbocycles. The molecule has 29 heavy (non-hydrogen) atoms. The van der Waals surface area contributed by atoms with Gasteiger partial charge in [-0.05, 0) is 77.1 Å². The van der Waals surface area contributed by atoms with Gasteiger partial charge in [0.2, 0.25) is 15.9 Å². The first kappa shape index (κ1) is 23.3. The Labute approximate surface area is 174 Å². The first-order valence-electron chi connectivity index (χ1n) is 10.3. The van der Waals surface area contributed by atoms with Crippen molar-refractivity contribution >= 4 is 27.5 Å². The largest absolute Gasteiger partial charge is 0.350 e. The summed E-state index contributed by atoms with van der Waals surface area (Å²) in [4.78, 5) is 24.7. The molecule has 0 aliphatic heterocycles. The van der Waals surface area contributed by atoms with Crippen LogP contribution in [0, 0.1) is 5.92 Å². The number of benzene rings is 1. The zero-order chi connectivity index (χ0) is 21.6. The van der Waals surface area contributed by atoms with Gasteiger partial charge < -0.3 is 10.6 Å². The summed E-state index contributed by atoms with van der Waals surface area (Å²) in [6, 6.07) is 6.87. The van der Waals surface area contributed by atoms with Crippen molar-refractivity contribution in [2.75, 3.05) is 5.32 Å². The molecular weight excluding hydrogens is 390 g/mol. The van der Waals surface area contributed by atoms with E-state index in [0.717, 1.165) is 6.42 Å². The molecule has 7 nitrogen and oxygen atoms in total. The van der Waals surface area contributed by atoms with Crippen LogP contribution < -0.4 is 15.4 Å². The minimum Gasteiger partial charge on any atom is -0.350 e. The third-order valence-corrected chi connectivity index (χ3v) is 7.36. The highest BCUT2D eigenvalue weighted by Crippen LogP contribution is 2.26. The van der Waals surface area contributed by atoms with E-state index in [2.05, 4.69) is 15.4 Å². The summed E-state index contributed by atoms with van der Waals surface area (Å²) in [6.45, 7) is 7.27. The quantitative estimate of drug-likeness (QED) is 0.598. The van der Waals surface area contributed by atoms with E-state index in [-0.39, 0.29) is 29.8 Å². The van der Waals surface area contributed by atoms with Crippen molar-refractivity contribution in [2.24, 2.45) is 5.92 Å². The highest BCUT2D eigenvalue weighted by Gasteiger charge is 2.29. The second kappa shape index (κ2) is 10.2. The molecule has 0 bridgehead atoms. The first-order valence-corrected chi connectivity index (χ1v) is 11.9. The summed E-state index contributed by atoms with van der Waals surface area (Å²) < 4.78 is 26.7. The molecule has 8 heteroatoms. The van der Waals surface area contributed by atoms with Crippen LogP contribution in [0.3, 0.4) is 0 Å². The zero-order valence-corrected chi connectivity index (χ0v) is 18.5. The number of hydrogen-bond acceptors (Lipinski definition) is 4. The number of nitrogens with one attached hydrogen (secondary N) is 3. The van der Waals surface area contributed by atoms with Gasteiger partial charge in [0.05, 0.1) is 5.25 Å². The molecule has 1 aromatic carbocycles. The summed E-state index contributed by atoms with van der Waals surface area (Å²) in [5, 5.41) is 5.35. The lowest BCUT2D eigenvalue weighted by molar-refractivity contribution is -0.120. The molecule has 0 aromatic heterocycles. The van der Waals surface area contributed by atoms with Crippen molar-refractivity contribution in [3.8, 4) is 0 Å². The Bertz CT molecular complexity index is 798. The average molecular weight is 424 g/mol. The molecule has 1 unspecified atom stereocenters. The fourth-order valence-electron chi connectivity index (χ4n) is 3.20. The van der Waals surface area contributed by atoms with Crippen LogP contribution in [0.1, 0.15) is 70.2 Å². The van der Waals surface area contributed by atoms with Gasteiger partial charge in [0.1, 0.15) is 0 Å². The molecule has 0 saturated heterocycles. The van der Waals surface area contributed by atoms with Crippen LogP contribution in [0.25, 0.3) is 0 Å². The topological polar surface area (TPSA) is 104 Å². The number of sulfonamides is 1. The van der Waals surface area contributed by atoms with Gasteiger partial charge in [-0.3, -0.25) is 9.59 Å². The van der Waals surface area contributed by atoms with Crippen LogP contribution in [-0.4, -0.2) is 37.6 Å². The predicted octanol–water partition coefficient (Wildman–Crippen LogP) is 3.04. The van der Waals surface area contributed by atoms with Gasteiger partial charge >= 0.3 is 0 Å². The Morgan fingerprint density at radius 2 is 1.62 bits per heavy atom. The van der Waals surface area contributed by atoms with Gasteiger partial charge in [-0.2, -0.15) is 0 Å². The third-order valence-electron chi connectivity index (χ3n) is 5.45. The van der Waals surface area contributed by atoms with Crippen LogP contribution in [-0.2, 0) is 14.8 Å². The fourth-order valence-corrected chi connectivity index (χ4v) is 4.17. The second-order valence-electron chi connectivity index (χ2n) is 8.11. The van der Waals surface area contributed by atoms with Gasteiger partial charge in [0, 0.05) is 29.3 Å². The monoisotopic (exact) mass is 423 g/mol. The molecule has 2 rings (SSSR count). The smallest absolute Gasteiger partial charge is 0.251 e. The van der Waals surface area contributed by atoms with Crippen LogP contribution in [0.2, 0.25) is 0 Å². The molecule has 1 saturated carbocycles. The molecule has 1 aromatic rings. The highest BCUT2D eigenvalue weighted by atomic mass is 32.2. The third kappa shape index (κ3) is 6.82. The normalized spacial score (nSPS) is 20.9. The van der Waals surface area contributed by atoms with E-state index in [1.807, 2.05) is 13.8 Å². The molecule has 0 heterocycles. The molecule has 1 aliphatic rings. The lowest BCUT2D eigenvalue weighted by Gasteiger charge is -2.28. The van der Waals surface area contributed by atoms with Crippen molar-refractivity contribution in [3.05, 3.63) is 29.8 Å². The summed E-state index contributed by atoms with van der Waals surface area (Å²) in [5.74, 6) is -0.324. The summed E-state index contributed by atoms with van der Waals surface area (Å²) in [5.41, 5.74) is 1.21. The Morgan fingerprint density at radius 1 is 1.03 bits per heavy atom. The van der Waals surface area contributed by atoms with Crippen LogP contribution in [0.15, 0.2) is 24.3 Å². The van der Waals surface area contributed by atoms with Crippen molar-refractivity contribution in [3.63, 3.8) is 0 Å². The zero-order valence-electron chi connectivity index (χ0n) is 17.7. The number of rotatable bonds is 8. The number of amides is 2. The SMILES string of the molecule is CCC(C)NC(=O)c1ccc(NC(=O)[C@H]2CC[C@H](NS(=O)(=O)C(C)C)CC2)cc1. The Kier molecular flexibility index (Phi) is 8.22. The Hall–Kier alpha value is -1.93. The van der Waals surface area contributed by atoms with E-state index >= 15 is 0 Å². The van der Waals surface area contributed by atoms with Gasteiger partial charge in [0.25, 0.3) is 5.91 Å². The standard InChI is InChI=1S/C21H33N3O4S/c1-5-15(4)22-20(25)16-6-10-18(11-7-16)23-21(26)17-8-12-19(13-9-17)24-29(27,28)14(2)3/h6-7,10-11,14-15,17,19,24H,5,8-9,12-13H2,1-4H3,(H,22,25)(H,23,26)/t15?,17-,19-. The minimum absolute atomic E-state index is 0.0630. The molecule has 0 spiro atoms. The summed E-state index contributed by atoms with van der Waals surface area (Å²) in [6.07, 6.45) is 3.46. The van der Waals surface area contributed by atoms with Crippen molar-refractivity contribution in [1.82, 2.24) is 10.0 Å². The Morgan fingerprint density at radius 3 is 2.14 bits per heavy atom. The van der Waals surface area contributed by atoms with E-state index in [1.165, 1.54) is 0 Å². The number of hydrogen-bond donors (Lipinski definition) is 3. The molecule has 162 valence electrons. The average Bonchev–Trinajstić information content (AvgIpc) is 2.68. The summed E-state index contributed by atoms with van der Waals surface area (Å²) >= 11 is 0. The van der Waals surface area contributed by atoms with Gasteiger partial charge in [-0.15, -0.1) is 0 Å². The number of carbonyl (C=O) groups is 2. The van der Waals surface area contributed by atoms with E-state index in [0.29, 0.717) is 36.9 Å². The number of anilines is 1. The fraction of sp³-hybridized carbons (Fsp3) is 0.619. The van der Waals surface area contributed by atoms with Gasteiger partial charge in [-0.1, -0.05) is 6.92 Å². The molecule has 3 N–H and O–H groups in total. The molecule has 2 amide bonds. The van der Waals surface area contributed by atoms with E-state index < -0.39 is 15.3 Å². The maximum Gasteiger partial charge on any atom is 0.251 e. The van der Waals surface area contributed by atoms with Gasteiger partial charge in [0.15, 0.2) is 0 Å². The lowest BCUT2D eigenvalue weighted by atomic mass is 9.86. The lowest BCUT2D eigenvalue weighted by Crippen LogP contribution is -2.42. The first-order chi connectivity index (χ1) is 13.6. The Balaban J connectivity index is 1.84. The van der Waals surface area contributed by atoms with Crippen molar-refractivity contribution in [1.29, 1.82) is 0 Å². The van der Waals surface area contributed by atoms with Gasteiger partial charge in [-0.25, -0.2) is 13.1 Å². The molecule has 1 atom stereocenters. The maximum atomic E-state index is 12.5. The van der Waals surface area contributed by atoms with Crippen molar-refractivity contribution in [2.45, 2.75) is 77.1 Å². The van der Waals surface area contributed by atoms with Crippen LogP contribution in [0.4, 0.5) is 5.69 Å². The van der Waals surface area contributed by atoms with Crippen LogP contribution in [0.5, 0.6) is 0 Å². The summed E-state index contributed by atoms with van der Waals surface area (Å²) in [7, 11) is -3.29.